The van der Waals surface area contributed by atoms with Crippen molar-refractivity contribution in [2.45, 2.75) is 81.6 Å². The van der Waals surface area contributed by atoms with Crippen LogP contribution in [-0.4, -0.2) is 36.3 Å². The van der Waals surface area contributed by atoms with E-state index in [0.717, 1.165) is 49.7 Å². The van der Waals surface area contributed by atoms with Gasteiger partial charge in [0.05, 0.1) is 49.6 Å². The molecule has 0 amide bonds. The van der Waals surface area contributed by atoms with E-state index in [1.54, 1.807) is 0 Å². The lowest BCUT2D eigenvalue weighted by Gasteiger charge is -2.46. The predicted molar refractivity (Wildman–Crippen MR) is 232 cm³/mol. The van der Waals surface area contributed by atoms with Crippen LogP contribution >= 0.6 is 23.4 Å². The van der Waals surface area contributed by atoms with Crippen molar-refractivity contribution in [3.05, 3.63) is 208 Å². The van der Waals surface area contributed by atoms with Crippen molar-refractivity contribution in [1.82, 2.24) is 0 Å². The molecule has 6 aromatic rings. The number of thioether (sulfide) groups is 1. The predicted octanol–water partition coefficient (Wildman–Crippen LogP) is 11.8. The maximum atomic E-state index is 7.06. The molecule has 5 nitrogen and oxygen atoms in total. The summed E-state index contributed by atoms with van der Waals surface area (Å²) in [6.45, 7) is 6.33. The second kappa shape index (κ2) is 20.9. The topological polar surface area (TPSA) is 46.2 Å². The van der Waals surface area contributed by atoms with Gasteiger partial charge in [-0.05, 0) is 77.4 Å². The maximum absolute atomic E-state index is 7.06. The molecule has 57 heavy (non-hydrogen) atoms. The van der Waals surface area contributed by atoms with E-state index in [-0.39, 0.29) is 28.8 Å². The molecule has 0 aromatic heterocycles. The van der Waals surface area contributed by atoms with Gasteiger partial charge in [0, 0.05) is 5.02 Å². The Labute approximate surface area is 347 Å². The quantitative estimate of drug-likeness (QED) is 0.0863. The van der Waals surface area contributed by atoms with E-state index in [0.29, 0.717) is 39.5 Å². The van der Waals surface area contributed by atoms with Crippen LogP contribution < -0.4 is 4.74 Å². The van der Waals surface area contributed by atoms with E-state index < -0.39 is 6.10 Å². The minimum absolute atomic E-state index is 0.0765. The molecule has 1 aliphatic heterocycles. The summed E-state index contributed by atoms with van der Waals surface area (Å²) in [5, 5.41) is 0.536. The molecule has 1 heterocycles. The summed E-state index contributed by atoms with van der Waals surface area (Å²) in [5.74, 6) is 0.858. The summed E-state index contributed by atoms with van der Waals surface area (Å²) in [4.78, 5) is 0. The van der Waals surface area contributed by atoms with Crippen LogP contribution in [0.4, 0.5) is 0 Å². The van der Waals surface area contributed by atoms with Crippen LogP contribution in [0.2, 0.25) is 5.02 Å². The molecule has 0 saturated carbocycles. The average molecular weight is 799 g/mol. The Balaban J connectivity index is 1.24. The molecule has 5 atom stereocenters. The highest BCUT2D eigenvalue weighted by Crippen LogP contribution is 2.48. The number of hydrogen-bond donors (Lipinski definition) is 0. The van der Waals surface area contributed by atoms with E-state index in [2.05, 4.69) is 72.8 Å². The van der Waals surface area contributed by atoms with E-state index in [4.69, 9.17) is 35.3 Å². The molecule has 7 rings (SSSR count). The van der Waals surface area contributed by atoms with Gasteiger partial charge in [-0.15, -0.1) is 11.8 Å². The fourth-order valence-corrected chi connectivity index (χ4v) is 8.96. The Morgan fingerprint density at radius 3 is 1.54 bits per heavy atom. The molecule has 1 aliphatic rings. The van der Waals surface area contributed by atoms with Crippen molar-refractivity contribution in [3.8, 4) is 5.75 Å². The summed E-state index contributed by atoms with van der Waals surface area (Å²) in [6, 6.07) is 56.0. The fraction of sp³-hybridized carbons (Fsp3) is 0.280. The summed E-state index contributed by atoms with van der Waals surface area (Å²) in [7, 11) is 0. The fourth-order valence-electron chi connectivity index (χ4n) is 7.14. The smallest absolute Gasteiger partial charge is 0.119 e. The van der Waals surface area contributed by atoms with Crippen LogP contribution in [0.25, 0.3) is 0 Å². The lowest BCUT2D eigenvalue weighted by molar-refractivity contribution is -0.160. The van der Waals surface area contributed by atoms with Gasteiger partial charge in [-0.25, -0.2) is 0 Å². The Bertz CT molecular complexity index is 2070. The van der Waals surface area contributed by atoms with E-state index >= 15 is 0 Å². The van der Waals surface area contributed by atoms with E-state index in [1.165, 1.54) is 0 Å². The maximum Gasteiger partial charge on any atom is 0.119 e. The molecular weight excluding hydrogens is 748 g/mol. The Morgan fingerprint density at radius 2 is 1.02 bits per heavy atom. The second-order valence-corrected chi connectivity index (χ2v) is 16.5. The van der Waals surface area contributed by atoms with Crippen molar-refractivity contribution in [1.29, 1.82) is 0 Å². The summed E-state index contributed by atoms with van der Waals surface area (Å²) < 4.78 is 33.5. The molecule has 0 unspecified atom stereocenters. The van der Waals surface area contributed by atoms with Gasteiger partial charge in [0.25, 0.3) is 0 Å². The van der Waals surface area contributed by atoms with Gasteiger partial charge in [-0.1, -0.05) is 157 Å². The molecule has 294 valence electrons. The number of benzene rings is 6. The van der Waals surface area contributed by atoms with E-state index in [1.807, 2.05) is 117 Å². The number of ether oxygens (including phenoxy) is 5. The van der Waals surface area contributed by atoms with E-state index in [9.17, 15) is 0 Å². The Kier molecular flexibility index (Phi) is 14.9. The first-order valence-corrected chi connectivity index (χ1v) is 21.1. The third-order valence-corrected chi connectivity index (χ3v) is 11.9. The van der Waals surface area contributed by atoms with Crippen molar-refractivity contribution >= 4 is 23.4 Å². The first kappa shape index (κ1) is 40.8. The lowest BCUT2D eigenvalue weighted by atomic mass is 9.94. The Morgan fingerprint density at radius 1 is 0.526 bits per heavy atom. The van der Waals surface area contributed by atoms with Crippen LogP contribution in [-0.2, 0) is 51.8 Å². The van der Waals surface area contributed by atoms with Crippen molar-refractivity contribution < 1.29 is 23.7 Å². The average Bonchev–Trinajstić information content (AvgIpc) is 3.24. The zero-order valence-corrected chi connectivity index (χ0v) is 34.2. The minimum atomic E-state index is -0.429. The second-order valence-electron chi connectivity index (χ2n) is 14.7. The molecular formula is C50H51ClO5S. The number of rotatable bonds is 18. The molecule has 0 bridgehead atoms. The molecule has 6 aromatic carbocycles. The summed E-state index contributed by atoms with van der Waals surface area (Å²) in [5.41, 5.74) is 7.75. The van der Waals surface area contributed by atoms with Gasteiger partial charge < -0.3 is 23.7 Å². The van der Waals surface area contributed by atoms with Gasteiger partial charge in [0.1, 0.15) is 24.1 Å². The summed E-state index contributed by atoms with van der Waals surface area (Å²) in [6.07, 6.45) is -0.344. The highest BCUT2D eigenvalue weighted by Gasteiger charge is 2.48. The minimum Gasteiger partial charge on any atom is -0.491 e. The monoisotopic (exact) mass is 798 g/mol. The summed E-state index contributed by atoms with van der Waals surface area (Å²) >= 11 is 8.81. The third-order valence-electron chi connectivity index (χ3n) is 9.97. The van der Waals surface area contributed by atoms with Crippen LogP contribution in [0.1, 0.15) is 58.0 Å². The highest BCUT2D eigenvalue weighted by atomic mass is 35.5. The first-order chi connectivity index (χ1) is 28.0. The van der Waals surface area contributed by atoms with Crippen LogP contribution in [0.3, 0.4) is 0 Å². The number of halogens is 1. The zero-order chi connectivity index (χ0) is 39.2. The SMILES string of the molecule is CC(C)Oc1ccc(Cc2cc([C@@H]3S[C@H](COCc4ccccc4)[C@@H](OCc4ccccc4)[C@H](OCc4ccccc4)[C@H]3OCc3ccccc3)ccc2Cl)cc1. The first-order valence-electron chi connectivity index (χ1n) is 19.8. The van der Waals surface area contributed by atoms with Crippen molar-refractivity contribution in [2.24, 2.45) is 0 Å². The van der Waals surface area contributed by atoms with Gasteiger partial charge in [0.15, 0.2) is 0 Å². The molecule has 7 heteroatoms. The number of hydrogen-bond acceptors (Lipinski definition) is 6. The lowest BCUT2D eigenvalue weighted by Crippen LogP contribution is -2.54. The zero-order valence-electron chi connectivity index (χ0n) is 32.6. The molecule has 0 N–H and O–H groups in total. The third kappa shape index (κ3) is 11.8. The normalized spacial score (nSPS) is 19.4. The molecule has 0 radical (unpaired) electrons. The highest BCUT2D eigenvalue weighted by molar-refractivity contribution is 8.00. The molecule has 0 spiro atoms. The van der Waals surface area contributed by atoms with Crippen molar-refractivity contribution in [3.63, 3.8) is 0 Å². The van der Waals surface area contributed by atoms with Crippen LogP contribution in [0.15, 0.2) is 164 Å². The van der Waals surface area contributed by atoms with Crippen LogP contribution in [0.5, 0.6) is 5.75 Å². The van der Waals surface area contributed by atoms with Gasteiger partial charge >= 0.3 is 0 Å². The van der Waals surface area contributed by atoms with Crippen molar-refractivity contribution in [2.75, 3.05) is 6.61 Å². The molecule has 1 fully saturated rings. The van der Waals surface area contributed by atoms with Crippen LogP contribution in [0, 0.1) is 0 Å². The van der Waals surface area contributed by atoms with Gasteiger partial charge in [-0.2, -0.15) is 0 Å². The molecule has 0 aliphatic carbocycles. The molecule has 1 saturated heterocycles. The largest absolute Gasteiger partial charge is 0.491 e. The van der Waals surface area contributed by atoms with Gasteiger partial charge in [-0.3, -0.25) is 0 Å². The standard InChI is InChI=1S/C50H51ClO5S/c1-36(2)56-44-26-23-37(24-27-44)29-43-30-42(25-28-45(43)51)50-49(55-34-41-21-13-6-14-22-41)48(54-33-40-19-11-5-12-20-40)47(53-32-39-17-9-4-10-18-39)46(57-50)35-52-31-38-15-7-3-8-16-38/h3-28,30,36,46-50H,29,31-35H2,1-2H3/t46-,47-,48+,49-,50+/m1/s1. The Hall–Kier alpha value is -4.40. The van der Waals surface area contributed by atoms with Gasteiger partial charge in [0.2, 0.25) is 0 Å².